The molecular formula is C43H28N2S. The maximum atomic E-state index is 5.24. The van der Waals surface area contributed by atoms with Crippen LogP contribution in [0.1, 0.15) is 0 Å². The molecule has 2 aromatic heterocycles. The molecule has 0 radical (unpaired) electrons. The number of benzene rings is 6. The van der Waals surface area contributed by atoms with Crippen molar-refractivity contribution >= 4 is 22.7 Å². The SMILES string of the molecule is c1ccc(-c2cc(-c3ccccc3)nc(-c3cccc(-n4c5c(c6ccccc64)-c4ccccc4Sc4ccccc4-5)c3)c2)cc1. The summed E-state index contributed by atoms with van der Waals surface area (Å²) in [4.78, 5) is 7.78. The molecule has 0 saturated heterocycles. The van der Waals surface area contributed by atoms with E-state index in [1.54, 1.807) is 0 Å². The zero-order valence-electron chi connectivity index (χ0n) is 25.0. The van der Waals surface area contributed by atoms with E-state index in [1.165, 1.54) is 48.6 Å². The Balaban J connectivity index is 1.30. The van der Waals surface area contributed by atoms with Gasteiger partial charge in [0.25, 0.3) is 0 Å². The standard InChI is InChI=1S/C43H28N2S/c1-3-14-29(15-4-1)32-27-37(30-16-5-2-6-17-30)44-38(28-32)31-18-13-19-33(26-31)45-39-23-10-7-20-34(39)42-35-21-8-11-24-40(35)46-41-25-12-9-22-36(41)43(42)45/h1-28H. The van der Waals surface area contributed by atoms with Crippen LogP contribution in [-0.2, 0) is 0 Å². The van der Waals surface area contributed by atoms with Crippen molar-refractivity contribution in [3.05, 3.63) is 170 Å². The number of hydrogen-bond acceptors (Lipinski definition) is 2. The average molecular weight is 605 g/mol. The largest absolute Gasteiger partial charge is 0.309 e. The molecule has 1 aliphatic rings. The Morgan fingerprint density at radius 2 is 1.02 bits per heavy atom. The van der Waals surface area contributed by atoms with E-state index in [0.717, 1.165) is 33.8 Å². The Kier molecular flexibility index (Phi) is 6.43. The first-order valence-corrected chi connectivity index (χ1v) is 16.4. The van der Waals surface area contributed by atoms with E-state index < -0.39 is 0 Å². The maximum absolute atomic E-state index is 5.24. The van der Waals surface area contributed by atoms with Gasteiger partial charge in [-0.25, -0.2) is 4.98 Å². The van der Waals surface area contributed by atoms with E-state index in [4.69, 9.17) is 4.98 Å². The summed E-state index contributed by atoms with van der Waals surface area (Å²) in [5.74, 6) is 0. The van der Waals surface area contributed by atoms with Gasteiger partial charge in [-0.1, -0.05) is 139 Å². The summed E-state index contributed by atoms with van der Waals surface area (Å²) in [6.07, 6.45) is 0. The van der Waals surface area contributed by atoms with E-state index in [9.17, 15) is 0 Å². The fourth-order valence-electron chi connectivity index (χ4n) is 6.70. The van der Waals surface area contributed by atoms with E-state index in [1.807, 2.05) is 17.8 Å². The van der Waals surface area contributed by atoms with Gasteiger partial charge in [0.05, 0.1) is 22.6 Å². The van der Waals surface area contributed by atoms with Gasteiger partial charge in [0.2, 0.25) is 0 Å². The van der Waals surface area contributed by atoms with Crippen LogP contribution in [0.4, 0.5) is 0 Å². The predicted octanol–water partition coefficient (Wildman–Crippen LogP) is 11.8. The fourth-order valence-corrected chi connectivity index (χ4v) is 7.79. The highest BCUT2D eigenvalue weighted by Crippen LogP contribution is 2.52. The zero-order valence-corrected chi connectivity index (χ0v) is 25.8. The van der Waals surface area contributed by atoms with Crippen LogP contribution in [-0.4, -0.2) is 9.55 Å². The molecule has 0 spiro atoms. The average Bonchev–Trinajstić information content (AvgIpc) is 3.40. The summed E-state index contributed by atoms with van der Waals surface area (Å²) >= 11 is 1.85. The minimum absolute atomic E-state index is 0.950. The second-order valence-electron chi connectivity index (χ2n) is 11.6. The summed E-state index contributed by atoms with van der Waals surface area (Å²) in [7, 11) is 0. The molecule has 0 aliphatic carbocycles. The second-order valence-corrected chi connectivity index (χ2v) is 12.7. The van der Waals surface area contributed by atoms with Crippen LogP contribution in [0.5, 0.6) is 0 Å². The van der Waals surface area contributed by atoms with Crippen LogP contribution in [0.15, 0.2) is 180 Å². The van der Waals surface area contributed by atoms with Crippen LogP contribution in [0.3, 0.4) is 0 Å². The van der Waals surface area contributed by atoms with Crippen molar-refractivity contribution in [3.63, 3.8) is 0 Å². The lowest BCUT2D eigenvalue weighted by Gasteiger charge is -2.15. The lowest BCUT2D eigenvalue weighted by molar-refractivity contribution is 1.13. The Labute approximate surface area is 272 Å². The summed E-state index contributed by atoms with van der Waals surface area (Å²) in [6, 6.07) is 60.7. The Hall–Kier alpha value is -5.64. The summed E-state index contributed by atoms with van der Waals surface area (Å²) in [5, 5.41) is 1.25. The molecule has 6 aromatic carbocycles. The van der Waals surface area contributed by atoms with Crippen molar-refractivity contribution < 1.29 is 0 Å². The number of rotatable bonds is 4. The molecular weight excluding hydrogens is 577 g/mol. The minimum atomic E-state index is 0.950. The van der Waals surface area contributed by atoms with Crippen molar-refractivity contribution in [1.29, 1.82) is 0 Å². The highest BCUT2D eigenvalue weighted by atomic mass is 32.2. The van der Waals surface area contributed by atoms with Crippen LogP contribution in [0, 0.1) is 0 Å². The van der Waals surface area contributed by atoms with E-state index >= 15 is 0 Å². The summed E-state index contributed by atoms with van der Waals surface area (Å²) in [5.41, 5.74) is 13.8. The number of nitrogens with zero attached hydrogens (tertiary/aromatic N) is 2. The van der Waals surface area contributed by atoms with Crippen LogP contribution < -0.4 is 0 Å². The molecule has 0 N–H and O–H groups in total. The van der Waals surface area contributed by atoms with Crippen molar-refractivity contribution in [2.45, 2.75) is 9.79 Å². The molecule has 1 aliphatic heterocycles. The summed E-state index contributed by atoms with van der Waals surface area (Å²) in [6.45, 7) is 0. The molecule has 0 fully saturated rings. The molecule has 0 atom stereocenters. The minimum Gasteiger partial charge on any atom is -0.309 e. The first kappa shape index (κ1) is 26.7. The van der Waals surface area contributed by atoms with Crippen molar-refractivity contribution in [2.75, 3.05) is 0 Å². The summed E-state index contributed by atoms with van der Waals surface area (Å²) < 4.78 is 2.45. The molecule has 46 heavy (non-hydrogen) atoms. The van der Waals surface area contributed by atoms with Gasteiger partial charge in [-0.3, -0.25) is 0 Å². The normalized spacial score (nSPS) is 11.8. The molecule has 8 aromatic rings. The lowest BCUT2D eigenvalue weighted by Crippen LogP contribution is -1.99. The van der Waals surface area contributed by atoms with Gasteiger partial charge >= 0.3 is 0 Å². The van der Waals surface area contributed by atoms with Gasteiger partial charge in [-0.2, -0.15) is 0 Å². The monoisotopic (exact) mass is 604 g/mol. The lowest BCUT2D eigenvalue weighted by atomic mass is 9.98. The molecule has 3 heteroatoms. The van der Waals surface area contributed by atoms with Gasteiger partial charge in [0.1, 0.15) is 0 Å². The first-order valence-electron chi connectivity index (χ1n) is 15.6. The van der Waals surface area contributed by atoms with Crippen molar-refractivity contribution in [1.82, 2.24) is 9.55 Å². The predicted molar refractivity (Wildman–Crippen MR) is 192 cm³/mol. The quantitative estimate of drug-likeness (QED) is 0.199. The fraction of sp³-hybridized carbons (Fsp3) is 0. The first-order chi connectivity index (χ1) is 22.8. The number of pyridine rings is 1. The van der Waals surface area contributed by atoms with Gasteiger partial charge in [-0.15, -0.1) is 0 Å². The van der Waals surface area contributed by atoms with Gasteiger partial charge in [-0.05, 0) is 59.2 Å². The molecule has 9 rings (SSSR count). The van der Waals surface area contributed by atoms with Crippen LogP contribution in [0.2, 0.25) is 0 Å². The second kappa shape index (κ2) is 11.1. The number of aromatic nitrogens is 2. The highest BCUT2D eigenvalue weighted by molar-refractivity contribution is 7.99. The zero-order chi connectivity index (χ0) is 30.5. The molecule has 0 amide bonds. The van der Waals surface area contributed by atoms with Crippen molar-refractivity contribution in [3.8, 4) is 61.7 Å². The van der Waals surface area contributed by atoms with E-state index in [0.29, 0.717) is 0 Å². The topological polar surface area (TPSA) is 17.8 Å². The van der Waals surface area contributed by atoms with Crippen molar-refractivity contribution in [2.24, 2.45) is 0 Å². The third-order valence-electron chi connectivity index (χ3n) is 8.80. The van der Waals surface area contributed by atoms with Crippen LogP contribution >= 0.6 is 11.8 Å². The van der Waals surface area contributed by atoms with Gasteiger partial charge < -0.3 is 4.57 Å². The highest BCUT2D eigenvalue weighted by Gasteiger charge is 2.27. The third kappa shape index (κ3) is 4.48. The molecule has 0 saturated carbocycles. The Morgan fingerprint density at radius 3 is 1.80 bits per heavy atom. The Bertz CT molecular complexity index is 2330. The maximum Gasteiger partial charge on any atom is 0.0716 e. The molecule has 3 heterocycles. The molecule has 216 valence electrons. The third-order valence-corrected chi connectivity index (χ3v) is 9.95. The van der Waals surface area contributed by atoms with E-state index in [2.05, 4.69) is 168 Å². The van der Waals surface area contributed by atoms with Crippen LogP contribution in [0.25, 0.3) is 72.6 Å². The smallest absolute Gasteiger partial charge is 0.0716 e. The molecule has 0 unspecified atom stereocenters. The van der Waals surface area contributed by atoms with Gasteiger partial charge in [0.15, 0.2) is 0 Å². The van der Waals surface area contributed by atoms with E-state index in [-0.39, 0.29) is 0 Å². The molecule has 2 nitrogen and oxygen atoms in total. The Morgan fingerprint density at radius 1 is 0.435 bits per heavy atom. The molecule has 0 bridgehead atoms. The van der Waals surface area contributed by atoms with Gasteiger partial charge in [0, 0.05) is 43.1 Å². The number of hydrogen-bond donors (Lipinski definition) is 0. The number of fused-ring (bicyclic) bond motifs is 7. The number of para-hydroxylation sites is 1.